The van der Waals surface area contributed by atoms with Gasteiger partial charge in [-0.1, -0.05) is 17.7 Å². The molecule has 0 aliphatic rings. The molecule has 18 heavy (non-hydrogen) atoms. The van der Waals surface area contributed by atoms with E-state index in [1.807, 2.05) is 6.92 Å². The second-order valence-electron chi connectivity index (χ2n) is 3.99. The summed E-state index contributed by atoms with van der Waals surface area (Å²) in [6.45, 7) is 1.86. The Bertz CT molecular complexity index is 677. The molecule has 0 saturated carbocycles. The molecule has 0 aliphatic carbocycles. The van der Waals surface area contributed by atoms with Gasteiger partial charge in [-0.2, -0.15) is 0 Å². The second-order valence-corrected chi connectivity index (χ2v) is 7.36. The molecule has 0 unspecified atom stereocenters. The number of sulfone groups is 1. The maximum atomic E-state index is 12.3. The zero-order valence-electron chi connectivity index (χ0n) is 9.68. The molecule has 3 nitrogen and oxygen atoms in total. The highest BCUT2D eigenvalue weighted by molar-refractivity contribution is 7.91. The first-order chi connectivity index (χ1) is 8.40. The van der Waals surface area contributed by atoms with Gasteiger partial charge in [0.1, 0.15) is 0 Å². The van der Waals surface area contributed by atoms with Gasteiger partial charge in [0, 0.05) is 4.88 Å². The summed E-state index contributed by atoms with van der Waals surface area (Å²) >= 11 is 7.24. The van der Waals surface area contributed by atoms with E-state index < -0.39 is 9.84 Å². The van der Waals surface area contributed by atoms with Crippen LogP contribution in [-0.4, -0.2) is 8.42 Å². The monoisotopic (exact) mass is 301 g/mol. The maximum absolute atomic E-state index is 12.3. The third-order valence-corrected chi connectivity index (χ3v) is 5.79. The second kappa shape index (κ2) is 4.91. The lowest BCUT2D eigenvalue weighted by atomic mass is 10.2. The van der Waals surface area contributed by atoms with Crippen LogP contribution < -0.4 is 5.73 Å². The molecule has 2 rings (SSSR count). The molecule has 0 bridgehead atoms. The van der Waals surface area contributed by atoms with Gasteiger partial charge in [0.15, 0.2) is 9.84 Å². The Morgan fingerprint density at radius 1 is 1.33 bits per heavy atom. The number of aryl methyl sites for hydroxylation is 1. The number of rotatable bonds is 3. The van der Waals surface area contributed by atoms with Crippen LogP contribution in [0.1, 0.15) is 10.4 Å². The van der Waals surface area contributed by atoms with Crippen LogP contribution in [0.3, 0.4) is 0 Å². The largest absolute Gasteiger partial charge is 0.398 e. The molecule has 2 N–H and O–H groups in total. The zero-order chi connectivity index (χ0) is 13.3. The molecule has 96 valence electrons. The summed E-state index contributed by atoms with van der Waals surface area (Å²) in [6, 6.07) is 6.62. The SMILES string of the molecule is Cc1ccc(S(=O)(=O)Cc2sccc2Cl)c(N)c1. The van der Waals surface area contributed by atoms with Crippen LogP contribution >= 0.6 is 22.9 Å². The van der Waals surface area contributed by atoms with Crippen LogP contribution in [-0.2, 0) is 15.6 Å². The Hall–Kier alpha value is -1.04. The van der Waals surface area contributed by atoms with E-state index in [0.29, 0.717) is 9.90 Å². The lowest BCUT2D eigenvalue weighted by Gasteiger charge is -2.07. The number of anilines is 1. The van der Waals surface area contributed by atoms with Crippen LogP contribution in [0.2, 0.25) is 5.02 Å². The Kier molecular flexibility index (Phi) is 3.66. The van der Waals surface area contributed by atoms with Crippen molar-refractivity contribution in [1.82, 2.24) is 0 Å². The van der Waals surface area contributed by atoms with Crippen molar-refractivity contribution < 1.29 is 8.42 Å². The molecule has 1 heterocycles. The Balaban J connectivity index is 2.40. The van der Waals surface area contributed by atoms with Gasteiger partial charge in [0.05, 0.1) is 21.4 Å². The van der Waals surface area contributed by atoms with Crippen LogP contribution in [0.15, 0.2) is 34.5 Å². The van der Waals surface area contributed by atoms with Gasteiger partial charge in [-0.05, 0) is 36.1 Å². The molecule has 6 heteroatoms. The van der Waals surface area contributed by atoms with Crippen molar-refractivity contribution in [2.24, 2.45) is 0 Å². The minimum atomic E-state index is -3.45. The molecular formula is C12H12ClNO2S2. The topological polar surface area (TPSA) is 60.2 Å². The van der Waals surface area contributed by atoms with Crippen molar-refractivity contribution in [2.45, 2.75) is 17.6 Å². The molecule has 0 aliphatic heterocycles. The van der Waals surface area contributed by atoms with E-state index in [9.17, 15) is 8.42 Å². The van der Waals surface area contributed by atoms with E-state index in [2.05, 4.69) is 0 Å². The van der Waals surface area contributed by atoms with Gasteiger partial charge in [-0.25, -0.2) is 8.42 Å². The third-order valence-electron chi connectivity index (χ3n) is 2.51. The molecule has 0 saturated heterocycles. The lowest BCUT2D eigenvalue weighted by Crippen LogP contribution is -2.07. The molecule has 0 spiro atoms. The summed E-state index contributed by atoms with van der Waals surface area (Å²) in [5, 5.41) is 2.25. The van der Waals surface area contributed by atoms with Crippen LogP contribution in [0.5, 0.6) is 0 Å². The Morgan fingerprint density at radius 3 is 2.61 bits per heavy atom. The Labute approximate surface area is 115 Å². The smallest absolute Gasteiger partial charge is 0.185 e. The molecule has 0 amide bonds. The average molecular weight is 302 g/mol. The lowest BCUT2D eigenvalue weighted by molar-refractivity contribution is 0.596. The Morgan fingerprint density at radius 2 is 2.06 bits per heavy atom. The minimum Gasteiger partial charge on any atom is -0.398 e. The van der Waals surface area contributed by atoms with Crippen LogP contribution in [0.4, 0.5) is 5.69 Å². The van der Waals surface area contributed by atoms with Crippen molar-refractivity contribution in [3.8, 4) is 0 Å². The van der Waals surface area contributed by atoms with Gasteiger partial charge in [-0.3, -0.25) is 0 Å². The van der Waals surface area contributed by atoms with E-state index in [-0.39, 0.29) is 16.3 Å². The minimum absolute atomic E-state index is 0.114. The molecule has 0 radical (unpaired) electrons. The van der Waals surface area contributed by atoms with Crippen molar-refractivity contribution in [1.29, 1.82) is 0 Å². The number of hydrogen-bond acceptors (Lipinski definition) is 4. The highest BCUT2D eigenvalue weighted by atomic mass is 35.5. The van der Waals surface area contributed by atoms with Gasteiger partial charge in [-0.15, -0.1) is 11.3 Å². The van der Waals surface area contributed by atoms with Crippen molar-refractivity contribution in [3.05, 3.63) is 45.1 Å². The fourth-order valence-corrected chi connectivity index (χ4v) is 4.68. The molecule has 0 atom stereocenters. The highest BCUT2D eigenvalue weighted by Gasteiger charge is 2.20. The van der Waals surface area contributed by atoms with Gasteiger partial charge in [0.25, 0.3) is 0 Å². The summed E-state index contributed by atoms with van der Waals surface area (Å²) in [6.07, 6.45) is 0. The number of hydrogen-bond donors (Lipinski definition) is 1. The van der Waals surface area contributed by atoms with E-state index >= 15 is 0 Å². The normalized spacial score (nSPS) is 11.7. The molecule has 1 aromatic carbocycles. The molecular weight excluding hydrogens is 290 g/mol. The van der Waals surface area contributed by atoms with Gasteiger partial charge in [0.2, 0.25) is 0 Å². The van der Waals surface area contributed by atoms with Crippen LogP contribution in [0.25, 0.3) is 0 Å². The third kappa shape index (κ3) is 2.68. The fraction of sp³-hybridized carbons (Fsp3) is 0.167. The summed E-state index contributed by atoms with van der Waals surface area (Å²) in [7, 11) is -3.45. The maximum Gasteiger partial charge on any atom is 0.185 e. The number of nitrogen functional groups attached to an aromatic ring is 1. The van der Waals surface area contributed by atoms with Gasteiger partial charge < -0.3 is 5.73 Å². The van der Waals surface area contributed by atoms with Crippen LogP contribution in [0, 0.1) is 6.92 Å². The quantitative estimate of drug-likeness (QED) is 0.885. The standard InChI is InChI=1S/C12H12ClNO2S2/c1-8-2-3-12(10(14)6-8)18(15,16)7-11-9(13)4-5-17-11/h2-6H,7,14H2,1H3. The van der Waals surface area contributed by atoms with Gasteiger partial charge >= 0.3 is 0 Å². The molecule has 0 fully saturated rings. The molecule has 2 aromatic rings. The molecule has 1 aromatic heterocycles. The van der Waals surface area contributed by atoms with Crippen molar-refractivity contribution >= 4 is 38.5 Å². The van der Waals surface area contributed by atoms with E-state index in [0.717, 1.165) is 5.56 Å². The number of thiophene rings is 1. The summed E-state index contributed by atoms with van der Waals surface area (Å²) in [5.74, 6) is -0.114. The highest BCUT2D eigenvalue weighted by Crippen LogP contribution is 2.29. The zero-order valence-corrected chi connectivity index (χ0v) is 12.1. The first-order valence-corrected chi connectivity index (χ1v) is 8.12. The van der Waals surface area contributed by atoms with E-state index in [4.69, 9.17) is 17.3 Å². The van der Waals surface area contributed by atoms with Crippen molar-refractivity contribution in [3.63, 3.8) is 0 Å². The number of nitrogens with two attached hydrogens (primary N) is 1. The summed E-state index contributed by atoms with van der Waals surface area (Å²) in [4.78, 5) is 0.800. The number of benzene rings is 1. The van der Waals surface area contributed by atoms with E-state index in [1.165, 1.54) is 11.3 Å². The summed E-state index contributed by atoms with van der Waals surface area (Å²) < 4.78 is 24.5. The average Bonchev–Trinajstić information content (AvgIpc) is 2.63. The first kappa shape index (κ1) is 13.4. The first-order valence-electron chi connectivity index (χ1n) is 5.21. The van der Waals surface area contributed by atoms with Crippen molar-refractivity contribution in [2.75, 3.05) is 5.73 Å². The predicted octanol–water partition coefficient (Wildman–Crippen LogP) is 3.27. The predicted molar refractivity (Wildman–Crippen MR) is 75.8 cm³/mol. The summed E-state index contributed by atoms with van der Waals surface area (Å²) in [5.41, 5.74) is 6.98. The van der Waals surface area contributed by atoms with E-state index in [1.54, 1.807) is 29.6 Å². The fourth-order valence-electron chi connectivity index (χ4n) is 1.63. The number of halogens is 1.